The molecule has 0 amide bonds. The SMILES string of the molecule is CCCCCCCSc1ncc(-c2ccc(C(=O)O[C@@H](C)C(=O)OCC)cc2)cn1. The lowest BCUT2D eigenvalue weighted by molar-refractivity contribution is -0.152. The van der Waals surface area contributed by atoms with Crippen molar-refractivity contribution in [3.63, 3.8) is 0 Å². The van der Waals surface area contributed by atoms with E-state index in [0.717, 1.165) is 22.0 Å². The molecule has 0 aliphatic carbocycles. The Kier molecular flexibility index (Phi) is 10.3. The van der Waals surface area contributed by atoms with Crippen molar-refractivity contribution in [2.24, 2.45) is 0 Å². The lowest BCUT2D eigenvalue weighted by Gasteiger charge is -2.12. The summed E-state index contributed by atoms with van der Waals surface area (Å²) in [5, 5.41) is 0.780. The second-order valence-electron chi connectivity index (χ2n) is 6.89. The Morgan fingerprint density at radius 2 is 1.63 bits per heavy atom. The fraction of sp³-hybridized carbons (Fsp3) is 0.478. The number of aromatic nitrogens is 2. The summed E-state index contributed by atoms with van der Waals surface area (Å²) in [6, 6.07) is 6.94. The topological polar surface area (TPSA) is 78.4 Å². The Morgan fingerprint density at radius 3 is 2.27 bits per heavy atom. The molecule has 0 N–H and O–H groups in total. The van der Waals surface area contributed by atoms with Gasteiger partial charge in [0.2, 0.25) is 0 Å². The van der Waals surface area contributed by atoms with Gasteiger partial charge in [0, 0.05) is 23.7 Å². The van der Waals surface area contributed by atoms with Crippen LogP contribution < -0.4 is 0 Å². The number of thioether (sulfide) groups is 1. The molecule has 30 heavy (non-hydrogen) atoms. The van der Waals surface area contributed by atoms with Crippen molar-refractivity contribution < 1.29 is 19.1 Å². The molecule has 2 aromatic rings. The first-order valence-electron chi connectivity index (χ1n) is 10.5. The van der Waals surface area contributed by atoms with Gasteiger partial charge in [0.05, 0.1) is 12.2 Å². The van der Waals surface area contributed by atoms with E-state index in [2.05, 4.69) is 16.9 Å². The zero-order chi connectivity index (χ0) is 21.8. The van der Waals surface area contributed by atoms with Gasteiger partial charge in [0.1, 0.15) is 0 Å². The molecule has 0 saturated heterocycles. The summed E-state index contributed by atoms with van der Waals surface area (Å²) in [4.78, 5) is 32.6. The van der Waals surface area contributed by atoms with Gasteiger partial charge in [0.25, 0.3) is 0 Å². The highest BCUT2D eigenvalue weighted by Crippen LogP contribution is 2.21. The second-order valence-corrected chi connectivity index (χ2v) is 7.96. The predicted molar refractivity (Wildman–Crippen MR) is 118 cm³/mol. The summed E-state index contributed by atoms with van der Waals surface area (Å²) in [5.74, 6) is -0.0908. The summed E-state index contributed by atoms with van der Waals surface area (Å²) in [6.07, 6.45) is 8.94. The van der Waals surface area contributed by atoms with Crippen LogP contribution in [0.15, 0.2) is 41.8 Å². The van der Waals surface area contributed by atoms with Crippen LogP contribution in [0, 0.1) is 0 Å². The highest BCUT2D eigenvalue weighted by Gasteiger charge is 2.19. The lowest BCUT2D eigenvalue weighted by Crippen LogP contribution is -2.26. The van der Waals surface area contributed by atoms with Crippen molar-refractivity contribution in [3.8, 4) is 11.1 Å². The van der Waals surface area contributed by atoms with E-state index in [1.54, 1.807) is 43.2 Å². The van der Waals surface area contributed by atoms with Crippen LogP contribution in [0.25, 0.3) is 11.1 Å². The molecular weight excluding hydrogens is 400 g/mol. The maximum Gasteiger partial charge on any atom is 0.347 e. The number of unbranched alkanes of at least 4 members (excludes halogenated alkanes) is 4. The minimum Gasteiger partial charge on any atom is -0.463 e. The van der Waals surface area contributed by atoms with E-state index in [9.17, 15) is 9.59 Å². The quantitative estimate of drug-likeness (QED) is 0.195. The molecule has 0 aliphatic rings. The van der Waals surface area contributed by atoms with Crippen LogP contribution in [0.1, 0.15) is 63.2 Å². The van der Waals surface area contributed by atoms with Gasteiger partial charge >= 0.3 is 11.9 Å². The van der Waals surface area contributed by atoms with Crippen LogP contribution in [-0.4, -0.2) is 40.4 Å². The molecule has 0 fully saturated rings. The highest BCUT2D eigenvalue weighted by atomic mass is 32.2. The first-order chi connectivity index (χ1) is 14.5. The normalized spacial score (nSPS) is 11.7. The van der Waals surface area contributed by atoms with Gasteiger partial charge in [0.15, 0.2) is 11.3 Å². The maximum atomic E-state index is 12.2. The number of carbonyl (C=O) groups excluding carboxylic acids is 2. The Balaban J connectivity index is 1.86. The fourth-order valence-electron chi connectivity index (χ4n) is 2.74. The average molecular weight is 431 g/mol. The lowest BCUT2D eigenvalue weighted by atomic mass is 10.1. The molecule has 0 saturated carbocycles. The monoisotopic (exact) mass is 430 g/mol. The van der Waals surface area contributed by atoms with Crippen LogP contribution >= 0.6 is 11.8 Å². The summed E-state index contributed by atoms with van der Waals surface area (Å²) in [6.45, 7) is 5.66. The second kappa shape index (κ2) is 13.0. The van der Waals surface area contributed by atoms with Crippen LogP contribution in [-0.2, 0) is 14.3 Å². The summed E-state index contributed by atoms with van der Waals surface area (Å²) in [7, 11) is 0. The predicted octanol–water partition coefficient (Wildman–Crippen LogP) is 5.31. The number of carbonyl (C=O) groups is 2. The zero-order valence-electron chi connectivity index (χ0n) is 17.9. The number of rotatable bonds is 12. The van der Waals surface area contributed by atoms with E-state index >= 15 is 0 Å². The number of esters is 2. The first kappa shape index (κ1) is 23.9. The standard InChI is InChI=1S/C23H30N2O4S/c1-4-6-7-8-9-14-30-23-24-15-20(16-25-23)18-10-12-19(13-11-18)22(27)29-17(3)21(26)28-5-2/h10-13,15-17H,4-9,14H2,1-3H3/t17-/m0/s1. The van der Waals surface area contributed by atoms with Crippen LogP contribution in [0.5, 0.6) is 0 Å². The van der Waals surface area contributed by atoms with Crippen molar-refractivity contribution in [3.05, 3.63) is 42.2 Å². The molecule has 6 nitrogen and oxygen atoms in total. The zero-order valence-corrected chi connectivity index (χ0v) is 18.7. The first-order valence-corrected chi connectivity index (χ1v) is 11.5. The Hall–Kier alpha value is -2.41. The fourth-order valence-corrected chi connectivity index (χ4v) is 3.53. The van der Waals surface area contributed by atoms with Gasteiger partial charge in [-0.2, -0.15) is 0 Å². The third-order valence-electron chi connectivity index (χ3n) is 4.46. The number of benzene rings is 1. The molecule has 7 heteroatoms. The number of nitrogens with zero attached hydrogens (tertiary/aromatic N) is 2. The molecule has 0 unspecified atom stereocenters. The molecule has 0 radical (unpaired) electrons. The molecule has 162 valence electrons. The summed E-state index contributed by atoms with van der Waals surface area (Å²) >= 11 is 1.68. The van der Waals surface area contributed by atoms with Gasteiger partial charge < -0.3 is 9.47 Å². The maximum absolute atomic E-state index is 12.2. The van der Waals surface area contributed by atoms with Crippen molar-refractivity contribution in [1.82, 2.24) is 9.97 Å². The summed E-state index contributed by atoms with van der Waals surface area (Å²) < 4.78 is 9.98. The van der Waals surface area contributed by atoms with Crippen molar-refractivity contribution in [2.75, 3.05) is 12.4 Å². The largest absolute Gasteiger partial charge is 0.463 e. The van der Waals surface area contributed by atoms with E-state index in [4.69, 9.17) is 9.47 Å². The van der Waals surface area contributed by atoms with Crippen molar-refractivity contribution in [1.29, 1.82) is 0 Å². The molecule has 1 heterocycles. The Bertz CT molecular complexity index is 794. The number of ether oxygens (including phenoxy) is 2. The molecule has 2 rings (SSSR count). The minimum atomic E-state index is -0.942. The Labute approximate surface area is 182 Å². The molecule has 0 bridgehead atoms. The minimum absolute atomic E-state index is 0.244. The molecular formula is C23H30N2O4S. The summed E-state index contributed by atoms with van der Waals surface area (Å²) in [5.41, 5.74) is 2.15. The Morgan fingerprint density at radius 1 is 0.967 bits per heavy atom. The van der Waals surface area contributed by atoms with Gasteiger partial charge in [-0.3, -0.25) is 0 Å². The highest BCUT2D eigenvalue weighted by molar-refractivity contribution is 7.99. The van der Waals surface area contributed by atoms with Gasteiger partial charge in [-0.1, -0.05) is 56.5 Å². The van der Waals surface area contributed by atoms with E-state index in [-0.39, 0.29) is 6.61 Å². The molecule has 0 spiro atoms. The van der Waals surface area contributed by atoms with Gasteiger partial charge in [-0.05, 0) is 38.0 Å². The van der Waals surface area contributed by atoms with Gasteiger partial charge in [-0.15, -0.1) is 0 Å². The average Bonchev–Trinajstić information content (AvgIpc) is 2.77. The van der Waals surface area contributed by atoms with Crippen molar-refractivity contribution in [2.45, 2.75) is 64.1 Å². The van der Waals surface area contributed by atoms with E-state index < -0.39 is 18.0 Å². The van der Waals surface area contributed by atoms with E-state index in [1.807, 2.05) is 12.1 Å². The van der Waals surface area contributed by atoms with E-state index in [1.165, 1.54) is 39.0 Å². The van der Waals surface area contributed by atoms with E-state index in [0.29, 0.717) is 5.56 Å². The van der Waals surface area contributed by atoms with Gasteiger partial charge in [-0.25, -0.2) is 19.6 Å². The molecule has 0 aliphatic heterocycles. The smallest absolute Gasteiger partial charge is 0.347 e. The molecule has 1 aromatic carbocycles. The van der Waals surface area contributed by atoms with Crippen LogP contribution in [0.2, 0.25) is 0 Å². The van der Waals surface area contributed by atoms with Crippen LogP contribution in [0.3, 0.4) is 0 Å². The third-order valence-corrected chi connectivity index (χ3v) is 5.43. The number of hydrogen-bond acceptors (Lipinski definition) is 7. The van der Waals surface area contributed by atoms with Crippen LogP contribution in [0.4, 0.5) is 0 Å². The molecule has 1 aromatic heterocycles. The molecule has 1 atom stereocenters. The number of hydrogen-bond donors (Lipinski definition) is 0. The third kappa shape index (κ3) is 7.78. The van der Waals surface area contributed by atoms with Crippen molar-refractivity contribution >= 4 is 23.7 Å².